The van der Waals surface area contributed by atoms with Crippen molar-refractivity contribution in [2.45, 2.75) is 31.2 Å². The van der Waals surface area contributed by atoms with Crippen LogP contribution in [0.1, 0.15) is 25.7 Å². The second-order valence-electron chi connectivity index (χ2n) is 5.59. The van der Waals surface area contributed by atoms with Crippen molar-refractivity contribution in [1.82, 2.24) is 0 Å². The number of rotatable bonds is 14. The molecule has 0 N–H and O–H groups in total. The summed E-state index contributed by atoms with van der Waals surface area (Å²) in [6.07, 6.45) is 15.8. The van der Waals surface area contributed by atoms with E-state index in [1.54, 1.807) is 0 Å². The van der Waals surface area contributed by atoms with E-state index in [1.807, 2.05) is 36.5 Å². The van der Waals surface area contributed by atoms with E-state index in [2.05, 4.69) is 39.5 Å². The highest BCUT2D eigenvalue weighted by Gasteiger charge is 2.46. The van der Waals surface area contributed by atoms with Gasteiger partial charge in [0, 0.05) is 25.7 Å². The Morgan fingerprint density at radius 1 is 0.636 bits per heavy atom. The van der Waals surface area contributed by atoms with Crippen molar-refractivity contribution in [1.29, 1.82) is 0 Å². The Morgan fingerprint density at radius 2 is 1.05 bits per heavy atom. The number of nitrogens with zero attached hydrogens (tertiary/aromatic N) is 1. The molecule has 0 unspecified atom stereocenters. The third kappa shape index (κ3) is 5.58. The summed E-state index contributed by atoms with van der Waals surface area (Å²) in [5.41, 5.74) is 0.0106. The molecule has 0 saturated carbocycles. The van der Waals surface area contributed by atoms with Gasteiger partial charge in [0.2, 0.25) is 0 Å². The van der Waals surface area contributed by atoms with Crippen LogP contribution >= 0.6 is 0 Å². The van der Waals surface area contributed by atoms with Gasteiger partial charge in [0.05, 0.1) is 19.6 Å². The monoisotopic (exact) mass is 365 g/mol. The first-order chi connectivity index (χ1) is 10.1. The SMILES string of the molecule is C=CCC[N+](CC=C)(CC=C)C(CC=C)(CC=C)CC=C.[Br-]. The lowest BCUT2D eigenvalue weighted by molar-refractivity contribution is -0.966. The molecule has 0 aliphatic carbocycles. The van der Waals surface area contributed by atoms with Crippen molar-refractivity contribution in [3.05, 3.63) is 75.9 Å². The van der Waals surface area contributed by atoms with Crippen molar-refractivity contribution < 1.29 is 21.5 Å². The van der Waals surface area contributed by atoms with Crippen molar-refractivity contribution in [2.24, 2.45) is 0 Å². The van der Waals surface area contributed by atoms with Crippen LogP contribution in [0.5, 0.6) is 0 Å². The number of halogens is 1. The molecular weight excluding hydrogens is 334 g/mol. The van der Waals surface area contributed by atoms with Gasteiger partial charge in [-0.05, 0) is 12.2 Å². The van der Waals surface area contributed by atoms with Gasteiger partial charge < -0.3 is 21.5 Å². The van der Waals surface area contributed by atoms with Gasteiger partial charge in [0.1, 0.15) is 5.54 Å². The third-order valence-electron chi connectivity index (χ3n) is 4.30. The summed E-state index contributed by atoms with van der Waals surface area (Å²) in [5, 5.41) is 0. The standard InChI is InChI=1S/C20H32N.BrH/c1-7-13-19-21(17-11-5,18-12-6)20(14-8-2,15-9-3)16-10-4;/h7-12H,1-6,13-19H2;1H/q+1;/p-1. The molecule has 0 atom stereocenters. The number of quaternary nitrogens is 1. The summed E-state index contributed by atoms with van der Waals surface area (Å²) in [6, 6.07) is 0. The minimum absolute atomic E-state index is 0. The van der Waals surface area contributed by atoms with Gasteiger partial charge >= 0.3 is 0 Å². The highest BCUT2D eigenvalue weighted by atomic mass is 79.9. The molecule has 0 amide bonds. The highest BCUT2D eigenvalue weighted by molar-refractivity contribution is 5.00. The largest absolute Gasteiger partial charge is 1.00 e. The molecule has 0 bridgehead atoms. The minimum Gasteiger partial charge on any atom is -1.00 e. The molecule has 0 aliphatic heterocycles. The van der Waals surface area contributed by atoms with E-state index in [0.717, 1.165) is 49.8 Å². The van der Waals surface area contributed by atoms with Crippen molar-refractivity contribution in [3.63, 3.8) is 0 Å². The van der Waals surface area contributed by atoms with E-state index in [-0.39, 0.29) is 22.5 Å². The van der Waals surface area contributed by atoms with Crippen LogP contribution in [0.4, 0.5) is 0 Å². The van der Waals surface area contributed by atoms with Crippen LogP contribution in [0.2, 0.25) is 0 Å². The maximum atomic E-state index is 3.98. The van der Waals surface area contributed by atoms with Gasteiger partial charge in [-0.3, -0.25) is 0 Å². The number of hydrogen-bond donors (Lipinski definition) is 0. The molecule has 0 saturated heterocycles. The van der Waals surface area contributed by atoms with Crippen LogP contribution in [0, 0.1) is 0 Å². The van der Waals surface area contributed by atoms with Gasteiger partial charge in [0.25, 0.3) is 0 Å². The van der Waals surface area contributed by atoms with Crippen molar-refractivity contribution >= 4 is 0 Å². The molecule has 1 nitrogen and oxygen atoms in total. The topological polar surface area (TPSA) is 0 Å². The third-order valence-corrected chi connectivity index (χ3v) is 4.30. The molecule has 0 aromatic rings. The molecule has 22 heavy (non-hydrogen) atoms. The molecule has 0 rings (SSSR count). The second kappa shape index (κ2) is 12.4. The fourth-order valence-corrected chi connectivity index (χ4v) is 3.35. The fourth-order valence-electron chi connectivity index (χ4n) is 3.35. The Kier molecular flexibility index (Phi) is 13.1. The maximum Gasteiger partial charge on any atom is 0.110 e. The van der Waals surface area contributed by atoms with E-state index >= 15 is 0 Å². The van der Waals surface area contributed by atoms with Gasteiger partial charge in [-0.1, -0.05) is 37.5 Å². The molecule has 0 spiro atoms. The first-order valence-electron chi connectivity index (χ1n) is 7.63. The molecule has 124 valence electrons. The summed E-state index contributed by atoms with van der Waals surface area (Å²) in [7, 11) is 0. The zero-order valence-electron chi connectivity index (χ0n) is 14.0. The van der Waals surface area contributed by atoms with Crippen LogP contribution < -0.4 is 17.0 Å². The zero-order chi connectivity index (χ0) is 16.2. The summed E-state index contributed by atoms with van der Waals surface area (Å²) in [5.74, 6) is 0. The normalized spacial score (nSPS) is 10.9. The van der Waals surface area contributed by atoms with Gasteiger partial charge in [0.15, 0.2) is 0 Å². The van der Waals surface area contributed by atoms with Gasteiger partial charge in [-0.25, -0.2) is 0 Å². The fraction of sp³-hybridized carbons (Fsp3) is 0.400. The zero-order valence-corrected chi connectivity index (χ0v) is 15.6. The molecule has 0 fully saturated rings. The Balaban J connectivity index is 0. The summed E-state index contributed by atoms with van der Waals surface area (Å²) < 4.78 is 0.899. The Bertz CT molecular complexity index is 345. The summed E-state index contributed by atoms with van der Waals surface area (Å²) >= 11 is 0. The maximum absolute atomic E-state index is 3.98. The Labute approximate surface area is 148 Å². The average Bonchev–Trinajstić information content (AvgIpc) is 2.46. The molecule has 0 aromatic heterocycles. The minimum atomic E-state index is 0. The first-order valence-corrected chi connectivity index (χ1v) is 7.63. The number of hydrogen-bond acceptors (Lipinski definition) is 0. The van der Waals surface area contributed by atoms with E-state index in [1.165, 1.54) is 0 Å². The molecule has 0 aromatic carbocycles. The van der Waals surface area contributed by atoms with E-state index < -0.39 is 0 Å². The lowest BCUT2D eigenvalue weighted by Gasteiger charge is -2.52. The molecule has 0 radical (unpaired) electrons. The molecule has 2 heteroatoms. The average molecular weight is 366 g/mol. The van der Waals surface area contributed by atoms with E-state index in [4.69, 9.17) is 0 Å². The molecule has 0 heterocycles. The quantitative estimate of drug-likeness (QED) is 0.327. The first kappa shape index (κ1) is 23.2. The van der Waals surface area contributed by atoms with E-state index in [9.17, 15) is 0 Å². The predicted octanol–water partition coefficient (Wildman–Crippen LogP) is 2.22. The second-order valence-corrected chi connectivity index (χ2v) is 5.59. The lowest BCUT2D eigenvalue weighted by atomic mass is 9.82. The predicted molar refractivity (Wildman–Crippen MR) is 97.2 cm³/mol. The van der Waals surface area contributed by atoms with Crippen molar-refractivity contribution in [3.8, 4) is 0 Å². The van der Waals surface area contributed by atoms with Crippen LogP contribution in [0.15, 0.2) is 75.9 Å². The van der Waals surface area contributed by atoms with Crippen LogP contribution in [0.25, 0.3) is 0 Å². The molecular formula is C20H32BrN. The van der Waals surface area contributed by atoms with Crippen LogP contribution in [0.3, 0.4) is 0 Å². The highest BCUT2D eigenvalue weighted by Crippen LogP contribution is 2.37. The molecule has 0 aliphatic rings. The Hall–Kier alpha value is -1.12. The summed E-state index contributed by atoms with van der Waals surface area (Å²) in [4.78, 5) is 0. The van der Waals surface area contributed by atoms with E-state index in [0.29, 0.717) is 0 Å². The van der Waals surface area contributed by atoms with Crippen LogP contribution in [-0.2, 0) is 0 Å². The Morgan fingerprint density at radius 3 is 1.32 bits per heavy atom. The van der Waals surface area contributed by atoms with Crippen molar-refractivity contribution in [2.75, 3.05) is 19.6 Å². The van der Waals surface area contributed by atoms with Crippen LogP contribution in [-0.4, -0.2) is 29.7 Å². The van der Waals surface area contributed by atoms with Gasteiger partial charge in [-0.15, -0.1) is 26.3 Å². The smallest absolute Gasteiger partial charge is 0.110 e. The van der Waals surface area contributed by atoms with Gasteiger partial charge in [-0.2, -0.15) is 0 Å². The lowest BCUT2D eigenvalue weighted by Crippen LogP contribution is -3.00. The summed E-state index contributed by atoms with van der Waals surface area (Å²) in [6.45, 7) is 26.6.